The lowest BCUT2D eigenvalue weighted by molar-refractivity contribution is 0.301. The Balaban J connectivity index is 2.10. The van der Waals surface area contributed by atoms with E-state index >= 15 is 0 Å². The highest BCUT2D eigenvalue weighted by atomic mass is 19.1. The number of halogens is 2. The number of rotatable bonds is 7. The van der Waals surface area contributed by atoms with E-state index in [4.69, 9.17) is 4.74 Å². The maximum atomic E-state index is 12.7. The lowest BCUT2D eigenvalue weighted by Crippen LogP contribution is -1.97. The lowest BCUT2D eigenvalue weighted by Gasteiger charge is -2.05. The number of benzene rings is 1. The third-order valence-electron chi connectivity index (χ3n) is 2.09. The lowest BCUT2D eigenvalue weighted by atomic mass is 10.2. The van der Waals surface area contributed by atoms with Crippen LogP contribution in [0, 0.1) is 5.82 Å². The second-order valence-electron chi connectivity index (χ2n) is 3.41. The van der Waals surface area contributed by atoms with Gasteiger partial charge in [-0.25, -0.2) is 4.39 Å². The van der Waals surface area contributed by atoms with Crippen LogP contribution >= 0.6 is 0 Å². The Morgan fingerprint density at radius 3 is 2.60 bits per heavy atom. The van der Waals surface area contributed by atoms with Crippen molar-refractivity contribution in [1.29, 1.82) is 0 Å². The third-order valence-corrected chi connectivity index (χ3v) is 2.09. The van der Waals surface area contributed by atoms with E-state index in [1.165, 1.54) is 12.1 Å². The minimum atomic E-state index is -0.287. The van der Waals surface area contributed by atoms with Gasteiger partial charge < -0.3 is 4.74 Å². The maximum absolute atomic E-state index is 12.7. The van der Waals surface area contributed by atoms with Gasteiger partial charge >= 0.3 is 0 Å². The van der Waals surface area contributed by atoms with Gasteiger partial charge in [0, 0.05) is 6.07 Å². The van der Waals surface area contributed by atoms with Crippen LogP contribution in [-0.2, 0) is 0 Å². The summed E-state index contributed by atoms with van der Waals surface area (Å²) in [7, 11) is 0. The van der Waals surface area contributed by atoms with Gasteiger partial charge in [0.1, 0.15) is 11.6 Å². The van der Waals surface area contributed by atoms with Gasteiger partial charge in [-0.15, -0.1) is 0 Å². The van der Waals surface area contributed by atoms with Crippen LogP contribution in [0.3, 0.4) is 0 Å². The Morgan fingerprint density at radius 2 is 1.87 bits per heavy atom. The number of alkyl halides is 1. The first-order chi connectivity index (χ1) is 7.33. The predicted octanol–water partition coefficient (Wildman–Crippen LogP) is 3.73. The summed E-state index contributed by atoms with van der Waals surface area (Å²) in [6.07, 6.45) is 3.36. The molecule has 0 aromatic heterocycles. The highest BCUT2D eigenvalue weighted by Crippen LogP contribution is 2.12. The van der Waals surface area contributed by atoms with Gasteiger partial charge in [-0.2, -0.15) is 0 Å². The summed E-state index contributed by atoms with van der Waals surface area (Å²) in [6, 6.07) is 6.09. The summed E-state index contributed by atoms with van der Waals surface area (Å²) >= 11 is 0. The molecular formula is C12H16F2O. The second-order valence-corrected chi connectivity index (χ2v) is 3.41. The molecule has 0 saturated carbocycles. The Labute approximate surface area is 89.1 Å². The first kappa shape index (κ1) is 12.0. The van der Waals surface area contributed by atoms with E-state index in [-0.39, 0.29) is 12.5 Å². The normalized spacial score (nSPS) is 10.3. The van der Waals surface area contributed by atoms with E-state index < -0.39 is 0 Å². The summed E-state index contributed by atoms with van der Waals surface area (Å²) in [6.45, 7) is 0.320. The van der Waals surface area contributed by atoms with Crippen LogP contribution in [0.2, 0.25) is 0 Å². The SMILES string of the molecule is FCCCCCCOc1cccc(F)c1. The molecule has 84 valence electrons. The fraction of sp³-hybridized carbons (Fsp3) is 0.500. The molecule has 15 heavy (non-hydrogen) atoms. The van der Waals surface area contributed by atoms with Crippen molar-refractivity contribution in [1.82, 2.24) is 0 Å². The molecule has 0 bridgehead atoms. The molecule has 0 heterocycles. The predicted molar refractivity (Wildman–Crippen MR) is 56.3 cm³/mol. The highest BCUT2D eigenvalue weighted by Gasteiger charge is 1.95. The minimum absolute atomic E-state index is 0.245. The van der Waals surface area contributed by atoms with Crippen LogP contribution in [0.15, 0.2) is 24.3 Å². The van der Waals surface area contributed by atoms with Gasteiger partial charge in [-0.1, -0.05) is 12.5 Å². The molecule has 3 heteroatoms. The molecule has 0 radical (unpaired) electrons. The summed E-state index contributed by atoms with van der Waals surface area (Å²) in [4.78, 5) is 0. The molecule has 1 rings (SSSR count). The molecule has 0 aliphatic rings. The van der Waals surface area contributed by atoms with E-state index in [2.05, 4.69) is 0 Å². The Hall–Kier alpha value is -1.12. The second kappa shape index (κ2) is 7.21. The molecule has 0 unspecified atom stereocenters. The monoisotopic (exact) mass is 214 g/mol. The van der Waals surface area contributed by atoms with Gasteiger partial charge in [0.25, 0.3) is 0 Å². The molecule has 1 aromatic rings. The van der Waals surface area contributed by atoms with Gasteiger partial charge in [-0.3, -0.25) is 4.39 Å². The molecule has 0 N–H and O–H groups in total. The first-order valence-electron chi connectivity index (χ1n) is 5.27. The van der Waals surface area contributed by atoms with Crippen LogP contribution in [0.1, 0.15) is 25.7 Å². The zero-order valence-electron chi connectivity index (χ0n) is 8.72. The van der Waals surface area contributed by atoms with Crippen molar-refractivity contribution in [3.8, 4) is 5.75 Å². The van der Waals surface area contributed by atoms with Crippen LogP contribution in [0.5, 0.6) is 5.75 Å². The highest BCUT2D eigenvalue weighted by molar-refractivity contribution is 5.22. The molecule has 0 aliphatic heterocycles. The summed E-state index contributed by atoms with van der Waals surface area (Å²) in [5.74, 6) is 0.269. The van der Waals surface area contributed by atoms with E-state index in [0.717, 1.165) is 19.3 Å². The van der Waals surface area contributed by atoms with Crippen molar-refractivity contribution >= 4 is 0 Å². The number of ether oxygens (including phenoxy) is 1. The Kier molecular flexibility index (Phi) is 5.74. The van der Waals surface area contributed by atoms with E-state index in [0.29, 0.717) is 18.8 Å². The topological polar surface area (TPSA) is 9.23 Å². The first-order valence-corrected chi connectivity index (χ1v) is 5.27. The van der Waals surface area contributed by atoms with Crippen molar-refractivity contribution in [3.05, 3.63) is 30.1 Å². The molecular weight excluding hydrogens is 198 g/mol. The molecule has 0 saturated heterocycles. The van der Waals surface area contributed by atoms with E-state index in [1.54, 1.807) is 12.1 Å². The molecule has 0 amide bonds. The number of unbranched alkanes of at least 4 members (excludes halogenated alkanes) is 3. The fourth-order valence-corrected chi connectivity index (χ4v) is 1.30. The van der Waals surface area contributed by atoms with Gasteiger partial charge in [-0.05, 0) is 31.4 Å². The van der Waals surface area contributed by atoms with Gasteiger partial charge in [0.15, 0.2) is 0 Å². The molecule has 1 nitrogen and oxygen atoms in total. The number of hydrogen-bond donors (Lipinski definition) is 0. The quantitative estimate of drug-likeness (QED) is 0.628. The zero-order valence-corrected chi connectivity index (χ0v) is 8.72. The van der Waals surface area contributed by atoms with Crippen molar-refractivity contribution in [2.24, 2.45) is 0 Å². The van der Waals surface area contributed by atoms with Crippen LogP contribution in [0.25, 0.3) is 0 Å². The third kappa shape index (κ3) is 5.35. The Bertz CT molecular complexity index is 276. The number of hydrogen-bond acceptors (Lipinski definition) is 1. The van der Waals surface area contributed by atoms with Crippen LogP contribution in [0.4, 0.5) is 8.78 Å². The van der Waals surface area contributed by atoms with Crippen LogP contribution < -0.4 is 4.74 Å². The van der Waals surface area contributed by atoms with Crippen molar-refractivity contribution < 1.29 is 13.5 Å². The molecule has 0 fully saturated rings. The van der Waals surface area contributed by atoms with Crippen molar-refractivity contribution in [2.45, 2.75) is 25.7 Å². The average Bonchev–Trinajstić information content (AvgIpc) is 2.23. The average molecular weight is 214 g/mol. The van der Waals surface area contributed by atoms with Crippen molar-refractivity contribution in [2.75, 3.05) is 13.3 Å². The standard InChI is InChI=1S/C12H16F2O/c13-8-3-1-2-4-9-15-12-7-5-6-11(14)10-12/h5-7,10H,1-4,8-9H2. The summed E-state index contributed by atoms with van der Waals surface area (Å²) in [5, 5.41) is 0. The van der Waals surface area contributed by atoms with E-state index in [1.807, 2.05) is 0 Å². The van der Waals surface area contributed by atoms with Gasteiger partial charge in [0.05, 0.1) is 13.3 Å². The zero-order chi connectivity index (χ0) is 10.9. The van der Waals surface area contributed by atoms with Crippen molar-refractivity contribution in [3.63, 3.8) is 0 Å². The summed E-state index contributed by atoms with van der Waals surface area (Å²) < 4.78 is 29.8. The van der Waals surface area contributed by atoms with E-state index in [9.17, 15) is 8.78 Å². The minimum Gasteiger partial charge on any atom is -0.493 e. The molecule has 1 aromatic carbocycles. The Morgan fingerprint density at radius 1 is 1.07 bits per heavy atom. The molecule has 0 atom stereocenters. The van der Waals surface area contributed by atoms with Gasteiger partial charge in [0.2, 0.25) is 0 Å². The molecule has 0 spiro atoms. The summed E-state index contributed by atoms with van der Waals surface area (Å²) in [5.41, 5.74) is 0. The fourth-order valence-electron chi connectivity index (χ4n) is 1.30. The maximum Gasteiger partial charge on any atom is 0.126 e. The smallest absolute Gasteiger partial charge is 0.126 e. The molecule has 0 aliphatic carbocycles. The van der Waals surface area contributed by atoms with Crippen LogP contribution in [-0.4, -0.2) is 13.3 Å². The largest absolute Gasteiger partial charge is 0.493 e.